The molecule has 214 valence electrons. The SMILES string of the molecule is CCc1cccc(Cl)c1NC(=S)NNOC1CC=C(c2ncn(-c3ccc(OC(F)(F)C(F)(F)F)cc3)n2)CC1. The maximum Gasteiger partial charge on any atom is 0.499 e. The Labute approximate surface area is 236 Å². The molecule has 1 heterocycles. The topological polar surface area (TPSA) is 85.3 Å². The van der Waals surface area contributed by atoms with Crippen molar-refractivity contribution in [3.63, 3.8) is 0 Å². The molecular weight excluding hydrogens is 579 g/mol. The molecule has 0 amide bonds. The van der Waals surface area contributed by atoms with Crippen LogP contribution in [0, 0.1) is 0 Å². The van der Waals surface area contributed by atoms with Crippen molar-refractivity contribution in [2.45, 2.75) is 51.0 Å². The smallest absolute Gasteiger partial charge is 0.426 e. The Morgan fingerprint density at radius 2 is 1.90 bits per heavy atom. The summed E-state index contributed by atoms with van der Waals surface area (Å²) in [5.74, 6) is -0.174. The van der Waals surface area contributed by atoms with E-state index in [2.05, 4.69) is 31.2 Å². The van der Waals surface area contributed by atoms with Crippen molar-refractivity contribution in [2.75, 3.05) is 5.32 Å². The molecular formula is C25H24ClF5N6O2S. The first-order chi connectivity index (χ1) is 19.0. The van der Waals surface area contributed by atoms with Crippen LogP contribution in [-0.2, 0) is 11.3 Å². The number of hydrogen-bond donors (Lipinski definition) is 3. The Hall–Kier alpha value is -3.33. The molecule has 3 aromatic rings. The quantitative estimate of drug-likeness (QED) is 0.148. The van der Waals surface area contributed by atoms with Gasteiger partial charge in [-0.05, 0) is 79.4 Å². The van der Waals surface area contributed by atoms with Crippen molar-refractivity contribution >= 4 is 40.2 Å². The summed E-state index contributed by atoms with van der Waals surface area (Å²) in [5.41, 5.74) is 8.49. The van der Waals surface area contributed by atoms with Crippen LogP contribution in [-0.4, -0.2) is 38.3 Å². The molecule has 1 aromatic heterocycles. The third-order valence-electron chi connectivity index (χ3n) is 5.93. The summed E-state index contributed by atoms with van der Waals surface area (Å²) in [6.45, 7) is 2.02. The first-order valence-corrected chi connectivity index (χ1v) is 12.9. The van der Waals surface area contributed by atoms with Gasteiger partial charge in [0, 0.05) is 0 Å². The van der Waals surface area contributed by atoms with E-state index in [-0.39, 0.29) is 6.10 Å². The number of ether oxygens (including phenoxy) is 1. The van der Waals surface area contributed by atoms with Gasteiger partial charge in [0.05, 0.1) is 22.5 Å². The summed E-state index contributed by atoms with van der Waals surface area (Å²) in [4.78, 5) is 9.94. The number of alkyl halides is 5. The number of anilines is 1. The van der Waals surface area contributed by atoms with Gasteiger partial charge in [-0.3, -0.25) is 10.3 Å². The average molecular weight is 603 g/mol. The molecule has 2 aromatic carbocycles. The number of nitrogens with one attached hydrogen (secondary N) is 3. The molecule has 0 saturated heterocycles. The van der Waals surface area contributed by atoms with Crippen LogP contribution in [0.1, 0.15) is 37.6 Å². The van der Waals surface area contributed by atoms with Gasteiger partial charge in [0.1, 0.15) is 12.1 Å². The van der Waals surface area contributed by atoms with Crippen LogP contribution in [0.15, 0.2) is 54.9 Å². The molecule has 1 aliphatic rings. The lowest BCUT2D eigenvalue weighted by Crippen LogP contribution is -2.42. The third-order valence-corrected chi connectivity index (χ3v) is 6.45. The third kappa shape index (κ3) is 7.24. The normalized spacial score (nSPS) is 15.9. The second-order valence-corrected chi connectivity index (χ2v) is 9.49. The number of hydrazine groups is 1. The highest BCUT2D eigenvalue weighted by atomic mass is 35.5. The minimum Gasteiger partial charge on any atom is -0.426 e. The Bertz CT molecular complexity index is 1370. The van der Waals surface area contributed by atoms with Gasteiger partial charge >= 0.3 is 12.3 Å². The van der Waals surface area contributed by atoms with E-state index in [0.29, 0.717) is 40.9 Å². The Balaban J connectivity index is 1.26. The number of rotatable bonds is 9. The molecule has 0 bridgehead atoms. The molecule has 0 fully saturated rings. The zero-order valence-electron chi connectivity index (χ0n) is 20.9. The van der Waals surface area contributed by atoms with E-state index in [1.165, 1.54) is 23.1 Å². The molecule has 8 nitrogen and oxygen atoms in total. The summed E-state index contributed by atoms with van der Waals surface area (Å²) in [5, 5.41) is 8.29. The number of thiocarbonyl (C=S) groups is 1. The van der Waals surface area contributed by atoms with Crippen molar-refractivity contribution in [1.82, 2.24) is 25.8 Å². The fourth-order valence-corrected chi connectivity index (χ4v) is 4.22. The van der Waals surface area contributed by atoms with E-state index in [0.717, 1.165) is 35.4 Å². The van der Waals surface area contributed by atoms with Crippen LogP contribution in [0.3, 0.4) is 0 Å². The fraction of sp³-hybridized carbons (Fsp3) is 0.320. The number of nitrogens with zero attached hydrogens (tertiary/aromatic N) is 3. The van der Waals surface area contributed by atoms with Crippen molar-refractivity contribution in [2.24, 2.45) is 0 Å². The largest absolute Gasteiger partial charge is 0.499 e. The highest BCUT2D eigenvalue weighted by Crippen LogP contribution is 2.37. The van der Waals surface area contributed by atoms with E-state index in [4.69, 9.17) is 28.7 Å². The van der Waals surface area contributed by atoms with Crippen LogP contribution in [0.25, 0.3) is 11.3 Å². The lowest BCUT2D eigenvalue weighted by molar-refractivity contribution is -0.360. The number of para-hydroxylation sites is 1. The van der Waals surface area contributed by atoms with Crippen LogP contribution in [0.5, 0.6) is 5.75 Å². The molecule has 1 atom stereocenters. The summed E-state index contributed by atoms with van der Waals surface area (Å²) in [6.07, 6.45) is -5.26. The van der Waals surface area contributed by atoms with Gasteiger partial charge in [-0.1, -0.05) is 36.7 Å². The van der Waals surface area contributed by atoms with Crippen LogP contribution >= 0.6 is 23.8 Å². The first kappa shape index (κ1) is 29.6. The highest BCUT2D eigenvalue weighted by molar-refractivity contribution is 7.80. The maximum atomic E-state index is 13.1. The number of aromatic nitrogens is 3. The van der Waals surface area contributed by atoms with Crippen LogP contribution in [0.4, 0.5) is 27.6 Å². The molecule has 40 heavy (non-hydrogen) atoms. The lowest BCUT2D eigenvalue weighted by atomic mass is 9.97. The van der Waals surface area contributed by atoms with E-state index in [1.807, 2.05) is 25.1 Å². The molecule has 3 N–H and O–H groups in total. The van der Waals surface area contributed by atoms with Crippen LogP contribution in [0.2, 0.25) is 5.02 Å². The van der Waals surface area contributed by atoms with Crippen molar-refractivity contribution in [3.8, 4) is 11.4 Å². The zero-order valence-corrected chi connectivity index (χ0v) is 22.5. The molecule has 4 rings (SSSR count). The van der Waals surface area contributed by atoms with Crippen LogP contribution < -0.4 is 21.1 Å². The molecule has 0 spiro atoms. The Morgan fingerprint density at radius 3 is 2.55 bits per heavy atom. The first-order valence-electron chi connectivity index (χ1n) is 12.1. The summed E-state index contributed by atoms with van der Waals surface area (Å²) < 4.78 is 68.4. The van der Waals surface area contributed by atoms with E-state index < -0.39 is 18.0 Å². The lowest BCUT2D eigenvalue weighted by Gasteiger charge is -2.22. The van der Waals surface area contributed by atoms with Gasteiger partial charge in [-0.15, -0.1) is 10.7 Å². The standard InChI is InChI=1S/C25H24ClF5N6O2S/c1-2-15-4-3-5-20(26)21(15)33-23(40)34-36-39-19-10-6-16(7-11-19)22-32-14-37(35-22)17-8-12-18(13-9-17)38-25(30,31)24(27,28)29/h3-6,8-9,12-14,19,36H,2,7,10-11H2,1H3,(H2,33,34,40). The van der Waals surface area contributed by atoms with Gasteiger partial charge in [0.2, 0.25) is 0 Å². The molecule has 15 heteroatoms. The molecule has 0 aliphatic heterocycles. The molecule has 0 radical (unpaired) electrons. The number of halogens is 6. The van der Waals surface area contributed by atoms with Crippen molar-refractivity contribution < 1.29 is 31.5 Å². The van der Waals surface area contributed by atoms with Crippen molar-refractivity contribution in [3.05, 3.63) is 71.3 Å². The number of hydrogen-bond acceptors (Lipinski definition) is 6. The second-order valence-electron chi connectivity index (χ2n) is 8.68. The van der Waals surface area contributed by atoms with Gasteiger partial charge in [0.15, 0.2) is 10.9 Å². The maximum absolute atomic E-state index is 13.1. The number of allylic oxidation sites excluding steroid dienone is 1. The predicted molar refractivity (Wildman–Crippen MR) is 143 cm³/mol. The predicted octanol–water partition coefficient (Wildman–Crippen LogP) is 6.38. The molecule has 1 aliphatic carbocycles. The Kier molecular flexibility index (Phi) is 9.23. The second kappa shape index (κ2) is 12.5. The number of aryl methyl sites for hydroxylation is 1. The van der Waals surface area contributed by atoms with E-state index in [1.54, 1.807) is 6.07 Å². The van der Waals surface area contributed by atoms with E-state index in [9.17, 15) is 22.0 Å². The van der Waals surface area contributed by atoms with Gasteiger partial charge in [-0.25, -0.2) is 9.67 Å². The highest BCUT2D eigenvalue weighted by Gasteiger charge is 2.61. The summed E-state index contributed by atoms with van der Waals surface area (Å²) in [6, 6.07) is 10.2. The van der Waals surface area contributed by atoms with Gasteiger partial charge in [-0.2, -0.15) is 22.0 Å². The fourth-order valence-electron chi connectivity index (χ4n) is 3.83. The minimum absolute atomic E-state index is 0.143. The molecule has 1 unspecified atom stereocenters. The van der Waals surface area contributed by atoms with E-state index >= 15 is 0 Å². The Morgan fingerprint density at radius 1 is 1.15 bits per heavy atom. The summed E-state index contributed by atoms with van der Waals surface area (Å²) in [7, 11) is 0. The van der Waals surface area contributed by atoms with Gasteiger partial charge in [0.25, 0.3) is 0 Å². The summed E-state index contributed by atoms with van der Waals surface area (Å²) >= 11 is 11.6. The molecule has 0 saturated carbocycles. The van der Waals surface area contributed by atoms with Crippen molar-refractivity contribution in [1.29, 1.82) is 0 Å². The minimum atomic E-state index is -5.82. The monoisotopic (exact) mass is 602 g/mol. The average Bonchev–Trinajstić information content (AvgIpc) is 3.40. The van der Waals surface area contributed by atoms with Gasteiger partial charge < -0.3 is 10.1 Å². The number of benzene rings is 2. The zero-order chi connectivity index (χ0) is 28.9.